The Hall–Kier alpha value is -6.66. The number of benzene rings is 6. The van der Waals surface area contributed by atoms with Crippen molar-refractivity contribution in [1.29, 1.82) is 0 Å². The Morgan fingerprint density at radius 3 is 1.83 bits per heavy atom. The third-order valence-electron chi connectivity index (χ3n) is 13.8. The molecule has 0 unspecified atom stereocenters. The van der Waals surface area contributed by atoms with Crippen LogP contribution < -0.4 is 0 Å². The number of fused-ring (bicyclic) bond motifs is 7. The van der Waals surface area contributed by atoms with E-state index in [1.54, 1.807) is 0 Å². The van der Waals surface area contributed by atoms with Crippen LogP contribution in [0.3, 0.4) is 0 Å². The van der Waals surface area contributed by atoms with Gasteiger partial charge in [0.25, 0.3) is 0 Å². The smallest absolute Gasteiger partial charge is 0.216 e. The summed E-state index contributed by atoms with van der Waals surface area (Å²) in [4.78, 5) is 14.8. The largest absolute Gasteiger partial charge is 0.486 e. The van der Waals surface area contributed by atoms with Crippen molar-refractivity contribution in [1.82, 2.24) is 19.5 Å². The van der Waals surface area contributed by atoms with Crippen LogP contribution in [0.25, 0.3) is 94.6 Å². The first kappa shape index (κ1) is 50.3. The molecule has 0 fully saturated rings. The van der Waals surface area contributed by atoms with Crippen LogP contribution in [-0.4, -0.2) is 19.5 Å². The Morgan fingerprint density at radius 1 is 0.542 bits per heavy atom. The van der Waals surface area contributed by atoms with Gasteiger partial charge in [0.15, 0.2) is 5.58 Å². The molecule has 72 heavy (non-hydrogen) atoms. The van der Waals surface area contributed by atoms with Gasteiger partial charge in [-0.1, -0.05) is 149 Å². The normalized spacial score (nSPS) is 12.4. The molecule has 5 aromatic heterocycles. The topological polar surface area (TPSA) is 69.9 Å². The number of hydrogen-bond donors (Lipinski definition) is 0. The predicted molar refractivity (Wildman–Crippen MR) is 296 cm³/mol. The van der Waals surface area contributed by atoms with Crippen LogP contribution >= 0.6 is 0 Å². The van der Waals surface area contributed by atoms with Crippen molar-refractivity contribution in [2.45, 2.75) is 118 Å². The summed E-state index contributed by atoms with van der Waals surface area (Å²) < 4.78 is 15.3. The SMILES string of the molecule is CC(C)(C)c1ccnc(-c2[c-]cccc2)c1.CC(C)c1cc(-c2cc(C(C)(C)C)cc(C(C)(C)C)c2)cc(C(C)C)c1-n1c(-c2[c-]ccc3c2oc2nc4c(cc23)oc2ccccc24)nc2ccccc21.[Ir]. The van der Waals surface area contributed by atoms with E-state index < -0.39 is 0 Å². The van der Waals surface area contributed by atoms with E-state index in [1.807, 2.05) is 60.8 Å². The minimum atomic E-state index is 0. The number of rotatable bonds is 6. The molecule has 0 saturated carbocycles. The van der Waals surface area contributed by atoms with Crippen molar-refractivity contribution in [2.75, 3.05) is 0 Å². The molecule has 0 aliphatic carbocycles. The second kappa shape index (κ2) is 19.1. The van der Waals surface area contributed by atoms with Crippen LogP contribution in [0.15, 0.2) is 148 Å². The second-order valence-electron chi connectivity index (χ2n) is 22.8. The van der Waals surface area contributed by atoms with E-state index in [-0.39, 0.29) is 48.2 Å². The van der Waals surface area contributed by atoms with Gasteiger partial charge in [-0.2, -0.15) is 0 Å². The molecule has 5 heterocycles. The standard InChI is InChI=1S/C50H48N3O2.C15H16N.Ir/c1-28(2)37-24-31(30-22-32(49(5,6)7)26-33(23-30)50(8,9)10)25-38(29(3)4)45(37)53-41-20-13-12-19-40(41)51-47(53)36-18-15-17-34-39-27-43-44(52-48(39)55-46(34)36)35-16-11-14-21-42(35)54-43;1-15(2,3)13-9-10-16-14(11-13)12-7-5-4-6-8-12;/h11-17,19-29H,1-10H3;4-7,9-11H,1-3H3;/q2*-1;. The molecule has 0 N–H and O–H groups in total. The van der Waals surface area contributed by atoms with Crippen LogP contribution in [0, 0.1) is 12.1 Å². The Bertz CT molecular complexity index is 3710. The molecule has 1 radical (unpaired) electrons. The zero-order valence-corrected chi connectivity index (χ0v) is 46.3. The average molecular weight is 1130 g/mol. The number of hydrogen-bond acceptors (Lipinski definition) is 5. The van der Waals surface area contributed by atoms with E-state index in [0.29, 0.717) is 11.3 Å². The summed E-state index contributed by atoms with van der Waals surface area (Å²) in [6.45, 7) is 29.7. The van der Waals surface area contributed by atoms with Gasteiger partial charge in [-0.3, -0.25) is 4.98 Å². The zero-order chi connectivity index (χ0) is 50.1. The number of furan rings is 2. The fourth-order valence-corrected chi connectivity index (χ4v) is 9.62. The monoisotopic (exact) mass is 1130 g/mol. The summed E-state index contributed by atoms with van der Waals surface area (Å²) in [6, 6.07) is 53.5. The number of nitrogens with zero attached hydrogens (tertiary/aromatic N) is 4. The van der Waals surface area contributed by atoms with Crippen molar-refractivity contribution in [3.63, 3.8) is 0 Å². The van der Waals surface area contributed by atoms with E-state index >= 15 is 0 Å². The maximum Gasteiger partial charge on any atom is 0.216 e. The Morgan fingerprint density at radius 2 is 1.18 bits per heavy atom. The predicted octanol–water partition coefficient (Wildman–Crippen LogP) is 18.0. The summed E-state index contributed by atoms with van der Waals surface area (Å²) in [5.74, 6) is 1.26. The number of imidazole rings is 1. The Labute approximate surface area is 438 Å². The average Bonchev–Trinajstić information content (AvgIpc) is 4.03. The van der Waals surface area contributed by atoms with Crippen LogP contribution in [0.2, 0.25) is 0 Å². The van der Waals surface area contributed by atoms with Crippen LogP contribution in [0.4, 0.5) is 0 Å². The summed E-state index contributed by atoms with van der Waals surface area (Å²) in [6.07, 6.45) is 1.87. The first-order valence-corrected chi connectivity index (χ1v) is 25.1. The first-order chi connectivity index (χ1) is 33.7. The molecule has 0 bridgehead atoms. The third-order valence-corrected chi connectivity index (χ3v) is 13.8. The van der Waals surface area contributed by atoms with Gasteiger partial charge in [0.2, 0.25) is 5.71 Å². The minimum absolute atomic E-state index is 0. The van der Waals surface area contributed by atoms with Crippen molar-refractivity contribution in [2.24, 2.45) is 0 Å². The molecule has 6 nitrogen and oxygen atoms in total. The molecule has 0 aliphatic heterocycles. The van der Waals surface area contributed by atoms with E-state index in [1.165, 1.54) is 44.6 Å². The first-order valence-electron chi connectivity index (χ1n) is 25.1. The molecule has 11 rings (SSSR count). The summed E-state index contributed by atoms with van der Waals surface area (Å²) in [7, 11) is 0. The summed E-state index contributed by atoms with van der Waals surface area (Å²) >= 11 is 0. The van der Waals surface area contributed by atoms with Crippen molar-refractivity contribution < 1.29 is 28.9 Å². The molecular weight excluding hydrogens is 1060 g/mol. The number of aromatic nitrogens is 4. The van der Waals surface area contributed by atoms with Crippen molar-refractivity contribution in [3.8, 4) is 39.5 Å². The van der Waals surface area contributed by atoms with E-state index in [9.17, 15) is 0 Å². The van der Waals surface area contributed by atoms with Gasteiger partial charge >= 0.3 is 0 Å². The number of pyridine rings is 2. The third kappa shape index (κ3) is 9.46. The fraction of sp³-hybridized carbons (Fsp3) is 0.277. The van der Waals surface area contributed by atoms with Gasteiger partial charge in [-0.25, -0.2) is 4.98 Å². The molecule has 0 atom stereocenters. The van der Waals surface area contributed by atoms with Crippen LogP contribution in [0.5, 0.6) is 0 Å². The molecule has 6 aromatic carbocycles. The van der Waals surface area contributed by atoms with Gasteiger partial charge in [0, 0.05) is 42.8 Å². The van der Waals surface area contributed by atoms with Gasteiger partial charge in [-0.05, 0) is 121 Å². The van der Waals surface area contributed by atoms with Crippen LogP contribution in [0.1, 0.15) is 130 Å². The minimum Gasteiger partial charge on any atom is -0.486 e. The van der Waals surface area contributed by atoms with Crippen LogP contribution in [-0.2, 0) is 36.4 Å². The van der Waals surface area contributed by atoms with E-state index in [2.05, 4.69) is 191 Å². The zero-order valence-electron chi connectivity index (χ0n) is 43.9. The maximum atomic E-state index is 6.72. The summed E-state index contributed by atoms with van der Waals surface area (Å²) in [5.41, 5.74) is 18.9. The molecule has 0 spiro atoms. The molecular formula is C65H64IrN4O2-2. The second-order valence-corrected chi connectivity index (χ2v) is 22.8. The van der Waals surface area contributed by atoms with Crippen molar-refractivity contribution in [3.05, 3.63) is 180 Å². The van der Waals surface area contributed by atoms with Gasteiger partial charge in [-0.15, -0.1) is 54.1 Å². The number of para-hydroxylation sites is 3. The van der Waals surface area contributed by atoms with Gasteiger partial charge < -0.3 is 18.4 Å². The molecule has 367 valence electrons. The Balaban J connectivity index is 0.000000321. The maximum absolute atomic E-state index is 6.72. The quantitative estimate of drug-likeness (QED) is 0.155. The molecule has 0 aliphatic rings. The van der Waals surface area contributed by atoms with Crippen molar-refractivity contribution >= 4 is 55.2 Å². The fourth-order valence-electron chi connectivity index (χ4n) is 9.62. The molecule has 11 aromatic rings. The molecule has 0 saturated heterocycles. The van der Waals surface area contributed by atoms with Gasteiger partial charge in [0.1, 0.15) is 11.1 Å². The Kier molecular flexibility index (Phi) is 13.3. The summed E-state index contributed by atoms with van der Waals surface area (Å²) in [5, 5.41) is 2.83. The van der Waals surface area contributed by atoms with E-state index in [0.717, 1.165) is 66.5 Å². The van der Waals surface area contributed by atoms with Gasteiger partial charge in [0.05, 0.1) is 22.4 Å². The molecule has 0 amide bonds. The van der Waals surface area contributed by atoms with E-state index in [4.69, 9.17) is 18.8 Å². The molecule has 7 heteroatoms.